The molecule has 14 heteroatoms. The van der Waals surface area contributed by atoms with Gasteiger partial charge in [-0.15, -0.1) is 5.10 Å². The Bertz CT molecular complexity index is 1600. The Kier molecular flexibility index (Phi) is 12.9. The SMILES string of the molecule is O=C(CCCCCCC(=O)NCc1ccc([C@H]2O[C@@H](CSc3nnnn3-c3ccc(O)cc3)C[C@@H](c3ccc(CO)cc3)O2)cc1)NO. The highest BCUT2D eigenvalue weighted by Gasteiger charge is 2.32. The average molecular weight is 677 g/mol. The lowest BCUT2D eigenvalue weighted by atomic mass is 10.0. The van der Waals surface area contributed by atoms with E-state index in [0.29, 0.717) is 36.7 Å². The van der Waals surface area contributed by atoms with Gasteiger partial charge in [0.1, 0.15) is 5.75 Å². The Morgan fingerprint density at radius 3 is 2.21 bits per heavy atom. The van der Waals surface area contributed by atoms with Crippen molar-refractivity contribution in [2.45, 2.75) is 81.8 Å². The van der Waals surface area contributed by atoms with Gasteiger partial charge < -0.3 is 25.0 Å². The van der Waals surface area contributed by atoms with Gasteiger partial charge in [-0.25, -0.2) is 5.48 Å². The molecule has 5 N–H and O–H groups in total. The number of aromatic nitrogens is 4. The third kappa shape index (κ3) is 10.1. The number of amides is 2. The molecule has 3 aromatic carbocycles. The lowest BCUT2D eigenvalue weighted by Gasteiger charge is -2.36. The van der Waals surface area contributed by atoms with E-state index >= 15 is 0 Å². The third-order valence-corrected chi connectivity index (χ3v) is 9.02. The molecule has 13 nitrogen and oxygen atoms in total. The number of benzene rings is 3. The first-order valence-corrected chi connectivity index (χ1v) is 16.9. The molecule has 1 aliphatic heterocycles. The summed E-state index contributed by atoms with van der Waals surface area (Å²) in [6.07, 6.45) is 3.27. The van der Waals surface area contributed by atoms with Gasteiger partial charge in [-0.05, 0) is 64.2 Å². The van der Waals surface area contributed by atoms with Gasteiger partial charge in [0, 0.05) is 37.1 Å². The van der Waals surface area contributed by atoms with Crippen molar-refractivity contribution < 1.29 is 34.5 Å². The van der Waals surface area contributed by atoms with Gasteiger partial charge in [-0.2, -0.15) is 4.68 Å². The van der Waals surface area contributed by atoms with Crippen molar-refractivity contribution >= 4 is 23.6 Å². The van der Waals surface area contributed by atoms with Gasteiger partial charge in [0.05, 0.1) is 24.5 Å². The van der Waals surface area contributed by atoms with E-state index in [9.17, 15) is 19.8 Å². The molecule has 0 unspecified atom stereocenters. The van der Waals surface area contributed by atoms with Crippen molar-refractivity contribution in [2.24, 2.45) is 0 Å². The number of aliphatic hydroxyl groups excluding tert-OH is 1. The van der Waals surface area contributed by atoms with Crippen molar-refractivity contribution in [3.63, 3.8) is 0 Å². The second-order valence-corrected chi connectivity index (χ2v) is 12.5. The molecule has 48 heavy (non-hydrogen) atoms. The fourth-order valence-corrected chi connectivity index (χ4v) is 6.19. The van der Waals surface area contributed by atoms with Crippen LogP contribution in [0.4, 0.5) is 0 Å². The number of nitrogens with zero attached hydrogens (tertiary/aromatic N) is 4. The fraction of sp³-hybridized carbons (Fsp3) is 0.382. The van der Waals surface area contributed by atoms with E-state index in [1.165, 1.54) is 11.8 Å². The molecule has 5 rings (SSSR count). The Labute approximate surface area is 282 Å². The van der Waals surface area contributed by atoms with Crippen LogP contribution in [-0.4, -0.2) is 59.3 Å². The molecule has 1 fully saturated rings. The van der Waals surface area contributed by atoms with Crippen LogP contribution in [0.5, 0.6) is 5.75 Å². The van der Waals surface area contributed by atoms with Crippen LogP contribution in [0, 0.1) is 0 Å². The highest BCUT2D eigenvalue weighted by Crippen LogP contribution is 2.39. The number of hydrogen-bond acceptors (Lipinski definition) is 11. The number of hydrogen-bond donors (Lipinski definition) is 5. The van der Waals surface area contributed by atoms with Crippen LogP contribution in [0.2, 0.25) is 0 Å². The van der Waals surface area contributed by atoms with E-state index in [-0.39, 0.29) is 36.9 Å². The van der Waals surface area contributed by atoms with Crippen LogP contribution < -0.4 is 10.8 Å². The predicted molar refractivity (Wildman–Crippen MR) is 176 cm³/mol. The van der Waals surface area contributed by atoms with Crippen molar-refractivity contribution in [1.29, 1.82) is 0 Å². The molecule has 254 valence electrons. The number of phenolic OH excluding ortho intramolecular Hbond substituents is 1. The van der Waals surface area contributed by atoms with Gasteiger partial charge in [-0.1, -0.05) is 73.1 Å². The van der Waals surface area contributed by atoms with Gasteiger partial charge in [0.25, 0.3) is 0 Å². The zero-order valence-corrected chi connectivity index (χ0v) is 27.2. The van der Waals surface area contributed by atoms with Gasteiger partial charge in [0.15, 0.2) is 6.29 Å². The number of carbonyl (C=O) groups excluding carboxylic acids is 2. The number of nitrogens with one attached hydrogen (secondary N) is 2. The Morgan fingerprint density at radius 1 is 0.854 bits per heavy atom. The number of carbonyl (C=O) groups is 2. The minimum atomic E-state index is -0.632. The third-order valence-electron chi connectivity index (χ3n) is 7.97. The molecule has 0 aliphatic carbocycles. The van der Waals surface area contributed by atoms with Crippen LogP contribution in [0.25, 0.3) is 5.69 Å². The van der Waals surface area contributed by atoms with E-state index in [4.69, 9.17) is 14.7 Å². The Balaban J connectivity index is 1.18. The maximum Gasteiger partial charge on any atom is 0.243 e. The van der Waals surface area contributed by atoms with Crippen LogP contribution >= 0.6 is 11.8 Å². The Morgan fingerprint density at radius 2 is 1.52 bits per heavy atom. The number of thioether (sulfide) groups is 1. The zero-order chi connectivity index (χ0) is 33.7. The van der Waals surface area contributed by atoms with Crippen molar-refractivity contribution in [3.05, 3.63) is 95.1 Å². The van der Waals surface area contributed by atoms with E-state index in [0.717, 1.165) is 47.2 Å². The summed E-state index contributed by atoms with van der Waals surface area (Å²) in [5, 5.41) is 43.4. The number of unbranched alkanes of at least 4 members (excludes halogenated alkanes) is 3. The summed E-state index contributed by atoms with van der Waals surface area (Å²) in [4.78, 5) is 23.4. The van der Waals surface area contributed by atoms with Crippen LogP contribution in [0.15, 0.2) is 78.0 Å². The molecule has 0 bridgehead atoms. The number of hydroxylamine groups is 1. The number of aliphatic hydroxyl groups is 1. The molecule has 1 saturated heterocycles. The summed E-state index contributed by atoms with van der Waals surface area (Å²) in [7, 11) is 0. The van der Waals surface area contributed by atoms with E-state index in [1.807, 2.05) is 48.5 Å². The summed E-state index contributed by atoms with van der Waals surface area (Å²) >= 11 is 1.47. The van der Waals surface area contributed by atoms with Crippen LogP contribution in [0.3, 0.4) is 0 Å². The normalized spacial score (nSPS) is 17.6. The zero-order valence-electron chi connectivity index (χ0n) is 26.4. The monoisotopic (exact) mass is 676 g/mol. The lowest BCUT2D eigenvalue weighted by Crippen LogP contribution is -2.31. The average Bonchev–Trinajstić information content (AvgIpc) is 3.60. The summed E-state index contributed by atoms with van der Waals surface area (Å²) in [5.74, 6) is 0.296. The van der Waals surface area contributed by atoms with Crippen molar-refractivity contribution in [3.8, 4) is 11.4 Å². The predicted octanol–water partition coefficient (Wildman–Crippen LogP) is 4.66. The number of ether oxygens (including phenoxy) is 2. The molecule has 0 spiro atoms. The van der Waals surface area contributed by atoms with Crippen LogP contribution in [0.1, 0.15) is 79.6 Å². The first kappa shape index (κ1) is 35.0. The maximum absolute atomic E-state index is 12.3. The summed E-state index contributed by atoms with van der Waals surface area (Å²) < 4.78 is 14.5. The molecular weight excluding hydrogens is 636 g/mol. The molecule has 1 aliphatic rings. The smallest absolute Gasteiger partial charge is 0.243 e. The second kappa shape index (κ2) is 17.7. The highest BCUT2D eigenvalue weighted by atomic mass is 32.2. The van der Waals surface area contributed by atoms with E-state index in [1.54, 1.807) is 34.4 Å². The minimum absolute atomic E-state index is 0.0297. The summed E-state index contributed by atoms with van der Waals surface area (Å²) in [6, 6.07) is 22.2. The number of tetrazole rings is 1. The molecule has 4 aromatic rings. The molecule has 3 atom stereocenters. The maximum atomic E-state index is 12.3. The number of phenols is 1. The van der Waals surface area contributed by atoms with E-state index < -0.39 is 12.2 Å². The summed E-state index contributed by atoms with van der Waals surface area (Å²) in [6.45, 7) is 0.365. The molecule has 0 saturated carbocycles. The quantitative estimate of drug-likeness (QED) is 0.0482. The highest BCUT2D eigenvalue weighted by molar-refractivity contribution is 7.99. The Hall–Kier alpha value is -4.34. The lowest BCUT2D eigenvalue weighted by molar-refractivity contribution is -0.245. The minimum Gasteiger partial charge on any atom is -0.508 e. The van der Waals surface area contributed by atoms with E-state index in [2.05, 4.69) is 20.8 Å². The van der Waals surface area contributed by atoms with Crippen molar-refractivity contribution in [1.82, 2.24) is 31.0 Å². The fourth-order valence-electron chi connectivity index (χ4n) is 5.28. The summed E-state index contributed by atoms with van der Waals surface area (Å²) in [5.41, 5.74) is 5.95. The van der Waals surface area contributed by atoms with Gasteiger partial charge in [0.2, 0.25) is 17.0 Å². The second-order valence-electron chi connectivity index (χ2n) is 11.5. The molecular formula is C34H40N6O7S. The van der Waals surface area contributed by atoms with Gasteiger partial charge >= 0.3 is 0 Å². The molecule has 0 radical (unpaired) electrons. The number of aromatic hydroxyl groups is 1. The number of rotatable bonds is 16. The van der Waals surface area contributed by atoms with Gasteiger partial charge in [-0.3, -0.25) is 14.8 Å². The first-order chi connectivity index (χ1) is 23.4. The molecule has 2 amide bonds. The van der Waals surface area contributed by atoms with Crippen LogP contribution in [-0.2, 0) is 32.2 Å². The topological polar surface area (TPSA) is 181 Å². The first-order valence-electron chi connectivity index (χ1n) is 15.9. The molecule has 2 heterocycles. The standard InChI is InChI=1S/C34H40N6O7S/c41-21-24-9-11-25(12-10-24)30-19-29(22-48-34-36-38-39-40(34)27-15-17-28(42)18-16-27)46-33(47-30)26-13-7-23(8-14-26)20-35-31(43)5-3-1-2-4-6-32(44)37-45/h7-18,29-30,33,41-42,45H,1-6,19-22H2,(H,35,43)(H,37,44)/t29-,30+,33+/m1/s1. The molecule has 1 aromatic heterocycles. The van der Waals surface area contributed by atoms with Crippen molar-refractivity contribution in [2.75, 3.05) is 5.75 Å². The largest absolute Gasteiger partial charge is 0.508 e.